The van der Waals surface area contributed by atoms with Gasteiger partial charge in [-0.25, -0.2) is 13.4 Å². The monoisotopic (exact) mass is 278 g/mol. The molecule has 0 bridgehead atoms. The molecule has 0 aliphatic carbocycles. The number of hydrogen-bond donors (Lipinski definition) is 1. The van der Waals surface area contributed by atoms with Crippen molar-refractivity contribution in [1.29, 1.82) is 0 Å². The Hall–Kier alpha value is -0.990. The summed E-state index contributed by atoms with van der Waals surface area (Å²) in [7, 11) is -2.48. The van der Waals surface area contributed by atoms with E-state index in [9.17, 15) is 13.2 Å². The van der Waals surface area contributed by atoms with Crippen LogP contribution >= 0.6 is 11.3 Å². The Balaban J connectivity index is 2.83. The predicted molar refractivity (Wildman–Crippen MR) is 64.3 cm³/mol. The van der Waals surface area contributed by atoms with E-state index in [4.69, 9.17) is 5.11 Å². The molecule has 6 nitrogen and oxygen atoms in total. The van der Waals surface area contributed by atoms with Gasteiger partial charge in [-0.3, -0.25) is 4.79 Å². The van der Waals surface area contributed by atoms with Crippen LogP contribution in [0.4, 0.5) is 0 Å². The molecular weight excluding hydrogens is 264 g/mol. The van der Waals surface area contributed by atoms with Gasteiger partial charge in [0.2, 0.25) is 10.0 Å². The van der Waals surface area contributed by atoms with Crippen molar-refractivity contribution in [1.82, 2.24) is 9.29 Å². The highest BCUT2D eigenvalue weighted by Crippen LogP contribution is 2.14. The first-order chi connectivity index (χ1) is 7.75. The highest BCUT2D eigenvalue weighted by atomic mass is 32.2. The summed E-state index contributed by atoms with van der Waals surface area (Å²) in [6, 6.07) is 0. The number of carboxylic acids is 1. The number of nitrogens with zero attached hydrogens (tertiary/aromatic N) is 2. The van der Waals surface area contributed by atoms with Crippen LogP contribution < -0.4 is 0 Å². The van der Waals surface area contributed by atoms with E-state index >= 15 is 0 Å². The largest absolute Gasteiger partial charge is 0.480 e. The number of aromatic nitrogens is 1. The van der Waals surface area contributed by atoms with Gasteiger partial charge in [-0.2, -0.15) is 4.31 Å². The Morgan fingerprint density at radius 1 is 1.65 bits per heavy atom. The van der Waals surface area contributed by atoms with Gasteiger partial charge in [-0.05, 0) is 13.8 Å². The van der Waals surface area contributed by atoms with Gasteiger partial charge < -0.3 is 5.11 Å². The fourth-order valence-electron chi connectivity index (χ4n) is 1.20. The quantitative estimate of drug-likeness (QED) is 0.856. The predicted octanol–water partition coefficient (Wildman–Crippen LogP) is 0.686. The highest BCUT2D eigenvalue weighted by molar-refractivity contribution is 7.90. The van der Waals surface area contributed by atoms with Crippen molar-refractivity contribution in [3.05, 3.63) is 16.1 Å². The lowest BCUT2D eigenvalue weighted by Crippen LogP contribution is -2.38. The maximum atomic E-state index is 11.8. The maximum Gasteiger partial charge on any atom is 0.323 e. The molecule has 0 amide bonds. The number of carbonyl (C=O) groups is 1. The number of hydrogen-bond acceptors (Lipinski definition) is 5. The normalized spacial score (nSPS) is 13.9. The van der Waals surface area contributed by atoms with Gasteiger partial charge in [-0.1, -0.05) is 0 Å². The summed E-state index contributed by atoms with van der Waals surface area (Å²) in [4.78, 5) is 14.8. The van der Waals surface area contributed by atoms with Crippen LogP contribution in [0.25, 0.3) is 0 Å². The highest BCUT2D eigenvalue weighted by Gasteiger charge is 2.31. The SMILES string of the molecule is Cc1nc(CN(C)S(=O)(=O)C(C)C(=O)O)cs1. The lowest BCUT2D eigenvalue weighted by atomic mass is 10.5. The molecule has 1 rings (SSSR count). The molecule has 0 aliphatic rings. The number of carboxylic acid groups (broad SMARTS) is 1. The molecule has 0 fully saturated rings. The van der Waals surface area contributed by atoms with Crippen LogP contribution in [0.15, 0.2) is 5.38 Å². The molecule has 0 spiro atoms. The molecule has 0 saturated carbocycles. The van der Waals surface area contributed by atoms with Crippen molar-refractivity contribution in [3.8, 4) is 0 Å². The molecule has 1 N–H and O–H groups in total. The summed E-state index contributed by atoms with van der Waals surface area (Å²) < 4.78 is 24.6. The first kappa shape index (κ1) is 14.1. The van der Waals surface area contributed by atoms with E-state index in [1.54, 1.807) is 5.38 Å². The molecule has 0 aliphatic heterocycles. The maximum absolute atomic E-state index is 11.8. The van der Waals surface area contributed by atoms with Crippen molar-refractivity contribution < 1.29 is 18.3 Å². The van der Waals surface area contributed by atoms with Gasteiger partial charge in [0, 0.05) is 12.4 Å². The van der Waals surface area contributed by atoms with Gasteiger partial charge in [0.15, 0.2) is 5.25 Å². The first-order valence-corrected chi connectivity index (χ1v) is 7.22. The third kappa shape index (κ3) is 3.24. The summed E-state index contributed by atoms with van der Waals surface area (Å²) in [5.74, 6) is -1.36. The molecule has 1 unspecified atom stereocenters. The molecule has 8 heteroatoms. The van der Waals surface area contributed by atoms with E-state index in [-0.39, 0.29) is 6.54 Å². The fraction of sp³-hybridized carbons (Fsp3) is 0.556. The van der Waals surface area contributed by atoms with Crippen LogP contribution in [-0.2, 0) is 21.4 Å². The fourth-order valence-corrected chi connectivity index (χ4v) is 2.91. The Morgan fingerprint density at radius 2 is 2.24 bits per heavy atom. The Kier molecular flexibility index (Phi) is 4.23. The van der Waals surface area contributed by atoms with E-state index in [1.165, 1.54) is 18.4 Å². The van der Waals surface area contributed by atoms with Crippen LogP contribution in [0.3, 0.4) is 0 Å². The topological polar surface area (TPSA) is 87.6 Å². The summed E-state index contributed by atoms with van der Waals surface area (Å²) in [5, 5.41) is 9.87. The van der Waals surface area contributed by atoms with Crippen LogP contribution in [0.2, 0.25) is 0 Å². The van der Waals surface area contributed by atoms with Crippen LogP contribution in [-0.4, -0.2) is 41.1 Å². The van der Waals surface area contributed by atoms with Gasteiger partial charge in [-0.15, -0.1) is 11.3 Å². The molecule has 1 heterocycles. The number of thiazole rings is 1. The molecule has 17 heavy (non-hydrogen) atoms. The molecular formula is C9H14N2O4S2. The second-order valence-corrected chi connectivity index (χ2v) is 7.06. The van der Waals surface area contributed by atoms with Gasteiger partial charge in [0.1, 0.15) is 0 Å². The van der Waals surface area contributed by atoms with Gasteiger partial charge in [0.05, 0.1) is 17.2 Å². The van der Waals surface area contributed by atoms with Crippen LogP contribution in [0, 0.1) is 6.92 Å². The minimum atomic E-state index is -3.83. The van der Waals surface area contributed by atoms with Crippen molar-refractivity contribution in [2.45, 2.75) is 25.6 Å². The molecule has 0 aromatic carbocycles. The smallest absolute Gasteiger partial charge is 0.323 e. The Bertz CT molecular complexity index is 509. The third-order valence-electron chi connectivity index (χ3n) is 2.28. The third-order valence-corrected chi connectivity index (χ3v) is 5.20. The molecule has 96 valence electrons. The van der Waals surface area contributed by atoms with E-state index in [1.807, 2.05) is 6.92 Å². The van der Waals surface area contributed by atoms with Crippen molar-refractivity contribution in [2.24, 2.45) is 0 Å². The van der Waals surface area contributed by atoms with E-state index < -0.39 is 21.2 Å². The summed E-state index contributed by atoms with van der Waals surface area (Å²) >= 11 is 1.42. The summed E-state index contributed by atoms with van der Waals surface area (Å²) in [6.45, 7) is 3.06. The zero-order chi connectivity index (χ0) is 13.2. The zero-order valence-electron chi connectivity index (χ0n) is 9.74. The van der Waals surface area contributed by atoms with Crippen molar-refractivity contribution in [2.75, 3.05) is 7.05 Å². The first-order valence-electron chi connectivity index (χ1n) is 4.84. The van der Waals surface area contributed by atoms with Crippen LogP contribution in [0.5, 0.6) is 0 Å². The average Bonchev–Trinajstić information content (AvgIpc) is 2.62. The molecule has 1 atom stereocenters. The summed E-state index contributed by atoms with van der Waals surface area (Å²) in [5.41, 5.74) is 0.621. The minimum absolute atomic E-state index is 0.0876. The van der Waals surface area contributed by atoms with Crippen LogP contribution in [0.1, 0.15) is 17.6 Å². The lowest BCUT2D eigenvalue weighted by molar-refractivity contribution is -0.136. The molecule has 1 aromatic heterocycles. The zero-order valence-corrected chi connectivity index (χ0v) is 11.4. The summed E-state index contributed by atoms with van der Waals surface area (Å²) in [6.07, 6.45) is 0. The second-order valence-electron chi connectivity index (χ2n) is 3.64. The average molecular weight is 278 g/mol. The van der Waals surface area contributed by atoms with Crippen molar-refractivity contribution in [3.63, 3.8) is 0 Å². The van der Waals surface area contributed by atoms with E-state index in [2.05, 4.69) is 4.98 Å². The van der Waals surface area contributed by atoms with E-state index in [0.717, 1.165) is 16.2 Å². The Labute approximate surface area is 104 Å². The number of aryl methyl sites for hydroxylation is 1. The molecule has 1 aromatic rings. The molecule has 0 saturated heterocycles. The minimum Gasteiger partial charge on any atom is -0.480 e. The number of rotatable bonds is 5. The van der Waals surface area contributed by atoms with Gasteiger partial charge >= 0.3 is 5.97 Å². The Morgan fingerprint density at radius 3 is 2.65 bits per heavy atom. The molecule has 0 radical (unpaired) electrons. The lowest BCUT2D eigenvalue weighted by Gasteiger charge is -2.18. The second kappa shape index (κ2) is 5.11. The number of aliphatic carboxylic acids is 1. The number of sulfonamides is 1. The van der Waals surface area contributed by atoms with Crippen molar-refractivity contribution >= 4 is 27.3 Å². The standard InChI is InChI=1S/C9H14N2O4S2/c1-6(9(12)13)17(14,15)11(3)4-8-5-16-7(2)10-8/h5-6H,4H2,1-3H3,(H,12,13). The van der Waals surface area contributed by atoms with E-state index in [0.29, 0.717) is 5.69 Å². The van der Waals surface area contributed by atoms with Gasteiger partial charge in [0.25, 0.3) is 0 Å².